The van der Waals surface area contributed by atoms with Crippen LogP contribution in [-0.4, -0.2) is 11.3 Å². The molecule has 0 aliphatic carbocycles. The largest absolute Gasteiger partial charge is 0.454 e. The average molecular weight is 117 g/mol. The Morgan fingerprint density at radius 1 is 1.29 bits per heavy atom. The van der Waals surface area contributed by atoms with E-state index < -0.39 is 12.5 Å². The molecule has 0 rings (SSSR count). The molecule has 7 heavy (non-hydrogen) atoms. The second-order valence-electron chi connectivity index (χ2n) is 0.789. The summed E-state index contributed by atoms with van der Waals surface area (Å²) < 4.78 is 42.1. The summed E-state index contributed by atoms with van der Waals surface area (Å²) in [4.78, 5) is 0. The van der Waals surface area contributed by atoms with Crippen LogP contribution >= 0.6 is 0 Å². The molecule has 0 atom stereocenters. The van der Waals surface area contributed by atoms with Gasteiger partial charge in [0.05, 0.1) is 0 Å². The van der Waals surface area contributed by atoms with Crippen LogP contribution < -0.4 is 0 Å². The predicted molar refractivity (Wildman–Crippen MR) is 12.3 cm³/mol. The Morgan fingerprint density at radius 2 is 1.43 bits per heavy atom. The lowest BCUT2D eigenvalue weighted by molar-refractivity contribution is -0.185. The van der Waals surface area contributed by atoms with Crippen LogP contribution in [0.25, 0.3) is 0 Å². The smallest absolute Gasteiger partial charge is 0.350 e. The first-order valence-electron chi connectivity index (χ1n) is 1.23. The minimum absolute atomic E-state index is 3.01. The molecular weight excluding hydrogens is 116 g/mol. The van der Waals surface area contributed by atoms with Crippen LogP contribution in [0.5, 0.6) is 0 Å². The van der Waals surface area contributed by atoms with Gasteiger partial charge in [-0.05, 0) is 0 Å². The number of hydrogen-bond donors (Lipinski definition) is 1. The molecule has 0 saturated heterocycles. The molecule has 0 bridgehead atoms. The van der Waals surface area contributed by atoms with Gasteiger partial charge in [-0.2, -0.15) is 17.6 Å². The van der Waals surface area contributed by atoms with Crippen molar-refractivity contribution in [2.24, 2.45) is 0 Å². The molecule has 0 amide bonds. The summed E-state index contributed by atoms with van der Waals surface area (Å²) in [5.74, 6) is 0. The van der Waals surface area contributed by atoms with Crippen LogP contribution in [0.3, 0.4) is 0 Å². The first-order valence-corrected chi connectivity index (χ1v) is 1.23. The van der Waals surface area contributed by atoms with Crippen LogP contribution in [0.1, 0.15) is 0 Å². The van der Waals surface area contributed by atoms with E-state index in [1.54, 1.807) is 0 Å². The van der Waals surface area contributed by atoms with E-state index in [2.05, 4.69) is 0 Å². The zero-order chi connectivity index (χ0) is 6.08. The first-order chi connectivity index (χ1) is 2.94. The standard InChI is InChI=1S/C2HF4O/c3-1(7)2(4,5)6/h7H. The van der Waals surface area contributed by atoms with Gasteiger partial charge in [0, 0.05) is 0 Å². The second kappa shape index (κ2) is 1.65. The monoisotopic (exact) mass is 117 g/mol. The molecule has 43 valence electrons. The maximum absolute atomic E-state index is 10.6. The summed E-state index contributed by atoms with van der Waals surface area (Å²) in [6.07, 6.45) is -8.20. The molecule has 0 heterocycles. The second-order valence-corrected chi connectivity index (χ2v) is 0.789. The van der Waals surface area contributed by atoms with E-state index in [1.165, 1.54) is 0 Å². The van der Waals surface area contributed by atoms with Gasteiger partial charge in [-0.25, -0.2) is 0 Å². The van der Waals surface area contributed by atoms with Crippen LogP contribution in [0, 0.1) is 6.36 Å². The van der Waals surface area contributed by atoms with Gasteiger partial charge in [0.1, 0.15) is 0 Å². The van der Waals surface area contributed by atoms with Crippen LogP contribution in [0.2, 0.25) is 0 Å². The number of hydrogen-bond acceptors (Lipinski definition) is 1. The number of alkyl halides is 3. The minimum Gasteiger partial charge on any atom is -0.350 e. The molecule has 0 aromatic rings. The zero-order valence-corrected chi connectivity index (χ0v) is 2.96. The normalized spacial score (nSPS) is 12.9. The Kier molecular flexibility index (Phi) is 1.58. The van der Waals surface area contributed by atoms with Crippen molar-refractivity contribution in [3.8, 4) is 0 Å². The van der Waals surface area contributed by atoms with Crippen LogP contribution in [-0.2, 0) is 0 Å². The molecule has 1 nitrogen and oxygen atoms in total. The molecule has 0 saturated carbocycles. The fraction of sp³-hybridized carbons (Fsp3) is 0.500. The van der Waals surface area contributed by atoms with Crippen molar-refractivity contribution in [3.05, 3.63) is 6.36 Å². The quantitative estimate of drug-likeness (QED) is 0.475. The molecule has 1 N–H and O–H groups in total. The van der Waals surface area contributed by atoms with E-state index in [4.69, 9.17) is 5.11 Å². The highest BCUT2D eigenvalue weighted by atomic mass is 19.4. The lowest BCUT2D eigenvalue weighted by Crippen LogP contribution is -2.14. The van der Waals surface area contributed by atoms with Crippen molar-refractivity contribution in [1.29, 1.82) is 0 Å². The maximum atomic E-state index is 10.6. The van der Waals surface area contributed by atoms with Gasteiger partial charge in [-0.15, -0.1) is 0 Å². The Hall–Kier alpha value is -0.320. The Labute approximate surface area is 36.6 Å². The van der Waals surface area contributed by atoms with Gasteiger partial charge in [-0.3, -0.25) is 0 Å². The Balaban J connectivity index is 3.54. The summed E-state index contributed by atoms with van der Waals surface area (Å²) in [7, 11) is 0. The molecule has 0 aromatic carbocycles. The third-order valence-corrected chi connectivity index (χ3v) is 0.234. The van der Waals surface area contributed by atoms with E-state index in [-0.39, 0.29) is 0 Å². The first kappa shape index (κ1) is 6.68. The van der Waals surface area contributed by atoms with Crippen molar-refractivity contribution in [3.63, 3.8) is 0 Å². The third-order valence-electron chi connectivity index (χ3n) is 0.234. The van der Waals surface area contributed by atoms with E-state index in [0.717, 1.165) is 0 Å². The van der Waals surface area contributed by atoms with Crippen molar-refractivity contribution < 1.29 is 22.7 Å². The fourth-order valence-electron chi connectivity index (χ4n) is 0. The number of halogens is 4. The lowest BCUT2D eigenvalue weighted by Gasteiger charge is -2.00. The summed E-state index contributed by atoms with van der Waals surface area (Å²) >= 11 is 0. The number of rotatable bonds is 0. The summed E-state index contributed by atoms with van der Waals surface area (Å²) in [5.41, 5.74) is 0. The third kappa shape index (κ3) is 2.38. The highest BCUT2D eigenvalue weighted by Crippen LogP contribution is 2.25. The lowest BCUT2D eigenvalue weighted by atomic mass is 10.7. The van der Waals surface area contributed by atoms with Crippen molar-refractivity contribution >= 4 is 0 Å². The van der Waals surface area contributed by atoms with E-state index >= 15 is 0 Å². The maximum Gasteiger partial charge on any atom is 0.454 e. The highest BCUT2D eigenvalue weighted by Gasteiger charge is 2.40. The molecule has 5 heteroatoms. The van der Waals surface area contributed by atoms with Crippen molar-refractivity contribution in [2.75, 3.05) is 0 Å². The van der Waals surface area contributed by atoms with Gasteiger partial charge in [0.25, 0.3) is 0 Å². The topological polar surface area (TPSA) is 20.2 Å². The summed E-state index contributed by atoms with van der Waals surface area (Å²) in [5, 5.41) is 7.01. The Bertz CT molecular complexity index is 55.2. The zero-order valence-electron chi connectivity index (χ0n) is 2.96. The SMILES string of the molecule is O[C](F)C(F)(F)F. The molecular formula is C2HF4O. The minimum atomic E-state index is -5.19. The molecule has 0 aromatic heterocycles. The van der Waals surface area contributed by atoms with Gasteiger partial charge in [-0.1, -0.05) is 0 Å². The summed E-state index contributed by atoms with van der Waals surface area (Å²) in [6, 6.07) is 0. The molecule has 0 unspecified atom stereocenters. The highest BCUT2D eigenvalue weighted by molar-refractivity contribution is 4.68. The Morgan fingerprint density at radius 3 is 1.43 bits per heavy atom. The fourth-order valence-corrected chi connectivity index (χ4v) is 0. The van der Waals surface area contributed by atoms with Crippen molar-refractivity contribution in [2.45, 2.75) is 6.18 Å². The molecule has 0 fully saturated rings. The van der Waals surface area contributed by atoms with Gasteiger partial charge < -0.3 is 5.11 Å². The number of aliphatic hydroxyl groups excluding tert-OH is 1. The van der Waals surface area contributed by atoms with E-state index in [0.29, 0.717) is 0 Å². The van der Waals surface area contributed by atoms with Crippen LogP contribution in [0.15, 0.2) is 0 Å². The molecule has 1 radical (unpaired) electrons. The molecule has 0 aliphatic heterocycles. The molecule has 0 aliphatic rings. The van der Waals surface area contributed by atoms with E-state index in [1.807, 2.05) is 0 Å². The summed E-state index contributed by atoms with van der Waals surface area (Å²) in [6.45, 7) is 0. The van der Waals surface area contributed by atoms with Gasteiger partial charge >= 0.3 is 12.5 Å². The van der Waals surface area contributed by atoms with Gasteiger partial charge in [0.2, 0.25) is 0 Å². The average Bonchev–Trinajstić information content (AvgIpc) is 1.31. The number of aliphatic hydroxyl groups is 1. The predicted octanol–water partition coefficient (Wildman–Crippen LogP) is 1.38. The van der Waals surface area contributed by atoms with Crippen molar-refractivity contribution in [1.82, 2.24) is 0 Å². The van der Waals surface area contributed by atoms with E-state index in [9.17, 15) is 17.6 Å². The van der Waals surface area contributed by atoms with Crippen LogP contribution in [0.4, 0.5) is 17.6 Å². The van der Waals surface area contributed by atoms with Gasteiger partial charge in [0.15, 0.2) is 0 Å². The molecule has 0 spiro atoms.